The maximum absolute atomic E-state index is 9.64. The van der Waals surface area contributed by atoms with Crippen molar-refractivity contribution in [2.24, 2.45) is 5.18 Å². The lowest BCUT2D eigenvalue weighted by molar-refractivity contribution is 1.55. The Bertz CT molecular complexity index is 228. The standard InChI is InChI=1S/C8H7NO/c10-9-7-6-8-4-2-1-3-5-8/h1-7H. The third-order valence-corrected chi connectivity index (χ3v) is 1.13. The predicted octanol–water partition coefficient (Wildman–Crippen LogP) is 2.42. The van der Waals surface area contributed by atoms with Crippen LogP contribution in [0.15, 0.2) is 41.7 Å². The molecule has 0 aromatic heterocycles. The van der Waals surface area contributed by atoms with Gasteiger partial charge in [-0.05, 0) is 16.8 Å². The first-order valence-electron chi connectivity index (χ1n) is 2.97. The first-order valence-corrected chi connectivity index (χ1v) is 2.97. The van der Waals surface area contributed by atoms with E-state index in [0.29, 0.717) is 0 Å². The lowest BCUT2D eigenvalue weighted by Crippen LogP contribution is -1.65. The first-order chi connectivity index (χ1) is 4.93. The van der Waals surface area contributed by atoms with Crippen molar-refractivity contribution in [2.45, 2.75) is 0 Å². The lowest BCUT2D eigenvalue weighted by Gasteiger charge is -1.86. The second-order valence-corrected chi connectivity index (χ2v) is 1.83. The maximum Gasteiger partial charge on any atom is 0.0720 e. The average Bonchev–Trinajstić information content (AvgIpc) is 2.03. The Hall–Kier alpha value is -1.44. The van der Waals surface area contributed by atoms with Gasteiger partial charge in [0.2, 0.25) is 0 Å². The molecule has 1 aromatic rings. The van der Waals surface area contributed by atoms with Crippen molar-refractivity contribution in [3.8, 4) is 0 Å². The number of benzene rings is 1. The minimum Gasteiger partial charge on any atom is -0.145 e. The van der Waals surface area contributed by atoms with Crippen LogP contribution in [0.4, 0.5) is 0 Å². The third kappa shape index (κ3) is 1.82. The average molecular weight is 133 g/mol. The summed E-state index contributed by atoms with van der Waals surface area (Å²) in [6.07, 6.45) is 2.89. The van der Waals surface area contributed by atoms with Gasteiger partial charge in [0, 0.05) is 0 Å². The molecule has 0 bridgehead atoms. The smallest absolute Gasteiger partial charge is 0.0720 e. The summed E-state index contributed by atoms with van der Waals surface area (Å²) in [6.45, 7) is 0. The molecule has 0 amide bonds. The molecule has 0 aliphatic carbocycles. The highest BCUT2D eigenvalue weighted by Gasteiger charge is 1.79. The van der Waals surface area contributed by atoms with Gasteiger partial charge in [-0.15, -0.1) is 4.91 Å². The van der Waals surface area contributed by atoms with Crippen LogP contribution in [0.1, 0.15) is 5.56 Å². The molecule has 0 radical (unpaired) electrons. The van der Waals surface area contributed by atoms with Crippen molar-refractivity contribution in [3.63, 3.8) is 0 Å². The van der Waals surface area contributed by atoms with Crippen molar-refractivity contribution in [3.05, 3.63) is 47.0 Å². The molecule has 50 valence electrons. The largest absolute Gasteiger partial charge is 0.145 e. The van der Waals surface area contributed by atoms with E-state index in [1.807, 2.05) is 30.3 Å². The van der Waals surface area contributed by atoms with E-state index < -0.39 is 0 Å². The van der Waals surface area contributed by atoms with Crippen molar-refractivity contribution in [1.29, 1.82) is 0 Å². The number of nitroso groups, excluding NO2 is 1. The molecule has 0 saturated carbocycles. The minimum atomic E-state index is 0.988. The van der Waals surface area contributed by atoms with E-state index in [4.69, 9.17) is 0 Å². The van der Waals surface area contributed by atoms with Crippen LogP contribution in [0.3, 0.4) is 0 Å². The summed E-state index contributed by atoms with van der Waals surface area (Å²) in [7, 11) is 0. The lowest BCUT2D eigenvalue weighted by atomic mass is 10.2. The van der Waals surface area contributed by atoms with E-state index in [1.165, 1.54) is 6.20 Å². The van der Waals surface area contributed by atoms with E-state index in [1.54, 1.807) is 6.08 Å². The molecule has 0 heterocycles. The fraction of sp³-hybridized carbons (Fsp3) is 0. The zero-order chi connectivity index (χ0) is 7.23. The van der Waals surface area contributed by atoms with Gasteiger partial charge in [0.25, 0.3) is 0 Å². The summed E-state index contributed by atoms with van der Waals surface area (Å²) >= 11 is 0. The van der Waals surface area contributed by atoms with E-state index in [2.05, 4.69) is 5.18 Å². The Labute approximate surface area is 59.2 Å². The molecule has 0 fully saturated rings. The normalized spacial score (nSPS) is 10.0. The fourth-order valence-electron chi connectivity index (χ4n) is 0.681. The molecule has 2 nitrogen and oxygen atoms in total. The second kappa shape index (κ2) is 3.56. The summed E-state index contributed by atoms with van der Waals surface area (Å²) in [5, 5.41) is 2.60. The molecule has 0 saturated heterocycles. The van der Waals surface area contributed by atoms with Crippen molar-refractivity contribution in [2.75, 3.05) is 0 Å². The molecule has 10 heavy (non-hydrogen) atoms. The SMILES string of the molecule is O=NC=Cc1ccccc1. The van der Waals surface area contributed by atoms with E-state index in [9.17, 15) is 4.91 Å². The highest BCUT2D eigenvalue weighted by Crippen LogP contribution is 1.99. The predicted molar refractivity (Wildman–Crippen MR) is 41.3 cm³/mol. The van der Waals surface area contributed by atoms with E-state index in [0.717, 1.165) is 5.56 Å². The zero-order valence-corrected chi connectivity index (χ0v) is 5.40. The van der Waals surface area contributed by atoms with Crippen molar-refractivity contribution < 1.29 is 0 Å². The van der Waals surface area contributed by atoms with Crippen molar-refractivity contribution >= 4 is 6.08 Å². The zero-order valence-electron chi connectivity index (χ0n) is 5.40. The van der Waals surface area contributed by atoms with Gasteiger partial charge in [-0.25, -0.2) is 0 Å². The Kier molecular flexibility index (Phi) is 2.38. The maximum atomic E-state index is 9.64. The highest BCUT2D eigenvalue weighted by molar-refractivity contribution is 5.48. The fourth-order valence-corrected chi connectivity index (χ4v) is 0.681. The van der Waals surface area contributed by atoms with E-state index >= 15 is 0 Å². The first kappa shape index (κ1) is 6.68. The van der Waals surface area contributed by atoms with Crippen LogP contribution >= 0.6 is 0 Å². The molecule has 2 heteroatoms. The molecule has 1 rings (SSSR count). The van der Waals surface area contributed by atoms with Crippen LogP contribution in [0.2, 0.25) is 0 Å². The Morgan fingerprint density at radius 3 is 2.50 bits per heavy atom. The summed E-state index contributed by atoms with van der Waals surface area (Å²) in [5.74, 6) is 0. The summed E-state index contributed by atoms with van der Waals surface area (Å²) in [5.41, 5.74) is 0.988. The van der Waals surface area contributed by atoms with Gasteiger partial charge < -0.3 is 0 Å². The second-order valence-electron chi connectivity index (χ2n) is 1.83. The Balaban J connectivity index is 2.76. The van der Waals surface area contributed by atoms with Gasteiger partial charge in [0.15, 0.2) is 0 Å². The quantitative estimate of drug-likeness (QED) is 0.569. The summed E-state index contributed by atoms with van der Waals surface area (Å²) < 4.78 is 0. The molecule has 0 spiro atoms. The van der Waals surface area contributed by atoms with Crippen LogP contribution < -0.4 is 0 Å². The van der Waals surface area contributed by atoms with Gasteiger partial charge >= 0.3 is 0 Å². The molecule has 0 N–H and O–H groups in total. The molecule has 0 aliphatic heterocycles. The molecule has 1 aromatic carbocycles. The molecular weight excluding hydrogens is 126 g/mol. The van der Waals surface area contributed by atoms with Crippen LogP contribution in [-0.2, 0) is 0 Å². The van der Waals surface area contributed by atoms with Crippen LogP contribution in [0.25, 0.3) is 6.08 Å². The third-order valence-electron chi connectivity index (χ3n) is 1.13. The van der Waals surface area contributed by atoms with Gasteiger partial charge in [0.05, 0.1) is 6.20 Å². The Morgan fingerprint density at radius 1 is 1.20 bits per heavy atom. The van der Waals surface area contributed by atoms with Crippen LogP contribution in [-0.4, -0.2) is 0 Å². The monoisotopic (exact) mass is 133 g/mol. The molecule has 0 atom stereocenters. The van der Waals surface area contributed by atoms with Gasteiger partial charge in [-0.3, -0.25) is 0 Å². The minimum absolute atomic E-state index is 0.988. The number of nitrogens with zero attached hydrogens (tertiary/aromatic N) is 1. The molecular formula is C8H7NO. The van der Waals surface area contributed by atoms with Gasteiger partial charge in [0.1, 0.15) is 0 Å². The molecule has 0 unspecified atom stereocenters. The van der Waals surface area contributed by atoms with E-state index in [-0.39, 0.29) is 0 Å². The van der Waals surface area contributed by atoms with Gasteiger partial charge in [-0.1, -0.05) is 30.3 Å². The van der Waals surface area contributed by atoms with Gasteiger partial charge in [-0.2, -0.15) is 0 Å². The number of hydrogen-bond acceptors (Lipinski definition) is 2. The van der Waals surface area contributed by atoms with Crippen LogP contribution in [0, 0.1) is 4.91 Å². The summed E-state index contributed by atoms with van der Waals surface area (Å²) in [6, 6.07) is 9.55. The Morgan fingerprint density at radius 2 is 1.90 bits per heavy atom. The topological polar surface area (TPSA) is 29.4 Å². The highest BCUT2D eigenvalue weighted by atomic mass is 16.2. The van der Waals surface area contributed by atoms with Crippen molar-refractivity contribution in [1.82, 2.24) is 0 Å². The summed E-state index contributed by atoms with van der Waals surface area (Å²) in [4.78, 5) is 9.64. The number of hydrogen-bond donors (Lipinski definition) is 0. The number of rotatable bonds is 2. The molecule has 0 aliphatic rings. The van der Waals surface area contributed by atoms with Crippen LogP contribution in [0.5, 0.6) is 0 Å².